The first kappa shape index (κ1) is 21.8. The molecule has 0 atom stereocenters. The molecule has 0 N–H and O–H groups in total. The minimum Gasteiger partial charge on any atom is -0.503 e. The van der Waals surface area contributed by atoms with Crippen LogP contribution < -0.4 is 14.2 Å². The van der Waals surface area contributed by atoms with Crippen LogP contribution in [0, 0.1) is 0 Å². The van der Waals surface area contributed by atoms with Gasteiger partial charge in [-0.3, -0.25) is 0 Å². The number of methoxy groups -OCH3 is 2. The van der Waals surface area contributed by atoms with Gasteiger partial charge in [0, 0.05) is 11.6 Å². The summed E-state index contributed by atoms with van der Waals surface area (Å²) in [6.07, 6.45) is 1.33. The number of carbonyl (C=O) groups excluding carboxylic acids is 1. The van der Waals surface area contributed by atoms with Gasteiger partial charge >= 0.3 is 5.97 Å². The summed E-state index contributed by atoms with van der Waals surface area (Å²) >= 11 is 0. The normalized spacial score (nSPS) is 10.9. The Morgan fingerprint density at radius 2 is 1.42 bits per heavy atom. The Morgan fingerprint density at radius 3 is 2.06 bits per heavy atom. The Bertz CT molecular complexity index is 1060. The van der Waals surface area contributed by atoms with Crippen LogP contribution in [-0.2, 0) is 14.3 Å². The summed E-state index contributed by atoms with van der Waals surface area (Å²) in [5.74, 6) is 2.35. The predicted octanol–water partition coefficient (Wildman–Crippen LogP) is 5.83. The number of esters is 1. The van der Waals surface area contributed by atoms with E-state index >= 15 is 0 Å². The molecular formula is C25H24O6. The van der Waals surface area contributed by atoms with E-state index in [2.05, 4.69) is 0 Å². The largest absolute Gasteiger partial charge is 0.503 e. The lowest BCUT2D eigenvalue weighted by atomic mass is 10.1. The second-order valence-corrected chi connectivity index (χ2v) is 6.31. The third-order valence-electron chi connectivity index (χ3n) is 4.23. The van der Waals surface area contributed by atoms with E-state index in [0.717, 1.165) is 0 Å². The number of hydrogen-bond donors (Lipinski definition) is 0. The van der Waals surface area contributed by atoms with Crippen LogP contribution >= 0.6 is 0 Å². The highest BCUT2D eigenvalue weighted by Crippen LogP contribution is 2.35. The molecule has 0 aliphatic heterocycles. The van der Waals surface area contributed by atoms with Crippen molar-refractivity contribution in [2.45, 2.75) is 6.92 Å². The second kappa shape index (κ2) is 10.7. The van der Waals surface area contributed by atoms with Crippen molar-refractivity contribution < 1.29 is 28.5 Å². The molecule has 160 valence electrons. The summed E-state index contributed by atoms with van der Waals surface area (Å²) in [6.45, 7) is 2.46. The molecule has 0 heterocycles. The van der Waals surface area contributed by atoms with Crippen LogP contribution in [0.5, 0.6) is 28.7 Å². The third-order valence-corrected chi connectivity index (χ3v) is 4.23. The van der Waals surface area contributed by atoms with Gasteiger partial charge < -0.3 is 23.7 Å². The van der Waals surface area contributed by atoms with Crippen LogP contribution in [0.4, 0.5) is 0 Å². The fraction of sp³-hybridized carbons (Fsp3) is 0.160. The molecule has 3 aromatic carbocycles. The molecular weight excluding hydrogens is 396 g/mol. The van der Waals surface area contributed by atoms with Gasteiger partial charge in [0.2, 0.25) is 0 Å². The SMILES string of the molecule is CCOc1ccccc1Oc1cccc(Oc2ccccc2/C(=C\OC)C(=O)OC)c1. The van der Waals surface area contributed by atoms with Crippen molar-refractivity contribution in [3.63, 3.8) is 0 Å². The van der Waals surface area contributed by atoms with Gasteiger partial charge in [-0.15, -0.1) is 0 Å². The first-order valence-electron chi connectivity index (χ1n) is 9.74. The van der Waals surface area contributed by atoms with Crippen LogP contribution in [0.1, 0.15) is 12.5 Å². The van der Waals surface area contributed by atoms with E-state index in [4.69, 9.17) is 23.7 Å². The number of rotatable bonds is 9. The van der Waals surface area contributed by atoms with Gasteiger partial charge in [0.25, 0.3) is 0 Å². The van der Waals surface area contributed by atoms with Gasteiger partial charge in [0.15, 0.2) is 11.5 Å². The highest BCUT2D eigenvalue weighted by molar-refractivity contribution is 6.17. The Morgan fingerprint density at radius 1 is 0.806 bits per heavy atom. The van der Waals surface area contributed by atoms with Crippen LogP contribution in [0.25, 0.3) is 5.57 Å². The summed E-state index contributed by atoms with van der Waals surface area (Å²) < 4.78 is 27.6. The van der Waals surface area contributed by atoms with Crippen molar-refractivity contribution in [1.29, 1.82) is 0 Å². The monoisotopic (exact) mass is 420 g/mol. The maximum Gasteiger partial charge on any atom is 0.341 e. The van der Waals surface area contributed by atoms with Crippen molar-refractivity contribution in [2.75, 3.05) is 20.8 Å². The third kappa shape index (κ3) is 5.57. The van der Waals surface area contributed by atoms with Crippen molar-refractivity contribution in [1.82, 2.24) is 0 Å². The highest BCUT2D eigenvalue weighted by atomic mass is 16.5. The standard InChI is InChI=1S/C25H24O6/c1-4-29-23-14-7-8-15-24(23)31-19-11-9-10-18(16-19)30-22-13-6-5-12-20(22)21(17-27-2)25(26)28-3/h5-17H,4H2,1-3H3/b21-17+. The smallest absolute Gasteiger partial charge is 0.341 e. The molecule has 0 saturated heterocycles. The zero-order valence-corrected chi connectivity index (χ0v) is 17.7. The molecule has 0 aliphatic carbocycles. The zero-order valence-electron chi connectivity index (χ0n) is 17.7. The van der Waals surface area contributed by atoms with Crippen LogP contribution in [0.15, 0.2) is 79.1 Å². The van der Waals surface area contributed by atoms with Crippen molar-refractivity contribution in [3.8, 4) is 28.7 Å². The van der Waals surface area contributed by atoms with Crippen molar-refractivity contribution in [2.24, 2.45) is 0 Å². The molecule has 3 rings (SSSR count). The Hall–Kier alpha value is -3.93. The number of ether oxygens (including phenoxy) is 5. The Balaban J connectivity index is 1.87. The number of carbonyl (C=O) groups is 1. The zero-order chi connectivity index (χ0) is 22.1. The first-order chi connectivity index (χ1) is 15.2. The van der Waals surface area contributed by atoms with Crippen molar-refractivity contribution >= 4 is 11.5 Å². The van der Waals surface area contributed by atoms with Gasteiger partial charge in [-0.2, -0.15) is 0 Å². The van der Waals surface area contributed by atoms with Crippen LogP contribution in [0.3, 0.4) is 0 Å². The molecule has 0 bridgehead atoms. The van der Waals surface area contributed by atoms with Gasteiger partial charge in [-0.1, -0.05) is 36.4 Å². The van der Waals surface area contributed by atoms with Crippen molar-refractivity contribution in [3.05, 3.63) is 84.6 Å². The van der Waals surface area contributed by atoms with E-state index < -0.39 is 5.97 Å². The van der Waals surface area contributed by atoms with E-state index in [-0.39, 0.29) is 5.57 Å². The fourth-order valence-corrected chi connectivity index (χ4v) is 2.89. The van der Waals surface area contributed by atoms with Crippen LogP contribution in [-0.4, -0.2) is 26.8 Å². The molecule has 0 saturated carbocycles. The summed E-state index contributed by atoms with van der Waals surface area (Å²) in [5.41, 5.74) is 0.794. The maximum absolute atomic E-state index is 12.2. The Labute approximate surface area is 181 Å². The van der Waals surface area contributed by atoms with E-state index in [0.29, 0.717) is 40.9 Å². The number of para-hydroxylation sites is 3. The van der Waals surface area contributed by atoms with Gasteiger partial charge in [0.05, 0.1) is 27.1 Å². The topological polar surface area (TPSA) is 63.2 Å². The van der Waals surface area contributed by atoms with E-state index in [1.807, 2.05) is 49.4 Å². The molecule has 0 fully saturated rings. The average molecular weight is 420 g/mol. The van der Waals surface area contributed by atoms with Gasteiger partial charge in [-0.05, 0) is 37.3 Å². The summed E-state index contributed by atoms with van der Waals surface area (Å²) in [4.78, 5) is 12.2. The average Bonchev–Trinajstić information content (AvgIpc) is 2.79. The van der Waals surface area contributed by atoms with Gasteiger partial charge in [0.1, 0.15) is 22.8 Å². The number of hydrogen-bond acceptors (Lipinski definition) is 6. The molecule has 0 aromatic heterocycles. The maximum atomic E-state index is 12.2. The molecule has 6 heteroatoms. The summed E-state index contributed by atoms with van der Waals surface area (Å²) in [7, 11) is 2.78. The van der Waals surface area contributed by atoms with E-state index in [9.17, 15) is 4.79 Å². The van der Waals surface area contributed by atoms with E-state index in [1.165, 1.54) is 20.5 Å². The number of benzene rings is 3. The molecule has 6 nitrogen and oxygen atoms in total. The summed E-state index contributed by atoms with van der Waals surface area (Å²) in [5, 5.41) is 0. The summed E-state index contributed by atoms with van der Waals surface area (Å²) in [6, 6.07) is 21.8. The first-order valence-corrected chi connectivity index (χ1v) is 9.74. The second-order valence-electron chi connectivity index (χ2n) is 6.31. The molecule has 3 aromatic rings. The van der Waals surface area contributed by atoms with Crippen LogP contribution in [0.2, 0.25) is 0 Å². The predicted molar refractivity (Wildman–Crippen MR) is 118 cm³/mol. The highest BCUT2D eigenvalue weighted by Gasteiger charge is 2.18. The van der Waals surface area contributed by atoms with Gasteiger partial charge in [-0.25, -0.2) is 4.79 Å². The lowest BCUT2D eigenvalue weighted by Crippen LogP contribution is -2.05. The lowest BCUT2D eigenvalue weighted by molar-refractivity contribution is -0.133. The molecule has 31 heavy (non-hydrogen) atoms. The molecule has 0 radical (unpaired) electrons. The lowest BCUT2D eigenvalue weighted by Gasteiger charge is -2.14. The molecule has 0 amide bonds. The fourth-order valence-electron chi connectivity index (χ4n) is 2.89. The molecule has 0 unspecified atom stereocenters. The molecule has 0 spiro atoms. The minimum atomic E-state index is -0.525. The van der Waals surface area contributed by atoms with E-state index in [1.54, 1.807) is 30.3 Å². The quantitative estimate of drug-likeness (QED) is 0.247. The minimum absolute atomic E-state index is 0.249. The Kier molecular flexibility index (Phi) is 7.54. The molecule has 0 aliphatic rings.